The zero-order valence-electron chi connectivity index (χ0n) is 14.4. The maximum absolute atomic E-state index is 12.6. The van der Waals surface area contributed by atoms with Gasteiger partial charge in [-0.05, 0) is 29.7 Å². The van der Waals surface area contributed by atoms with E-state index in [0.29, 0.717) is 16.9 Å². The minimum absolute atomic E-state index is 0.0473. The van der Waals surface area contributed by atoms with Crippen LogP contribution in [0.3, 0.4) is 0 Å². The molecule has 2 aromatic carbocycles. The van der Waals surface area contributed by atoms with Gasteiger partial charge >= 0.3 is 11.8 Å². The molecule has 0 spiro atoms. The fraction of sp³-hybridized carbons (Fsp3) is 0.211. The minimum atomic E-state index is -1.18. The first-order valence-corrected chi connectivity index (χ1v) is 7.99. The van der Waals surface area contributed by atoms with Crippen LogP contribution in [0.4, 0.5) is 0 Å². The van der Waals surface area contributed by atoms with Gasteiger partial charge in [0, 0.05) is 6.54 Å². The molecule has 1 unspecified atom stereocenters. The van der Waals surface area contributed by atoms with Gasteiger partial charge < -0.3 is 21.5 Å². The number of ether oxygens (including phenoxy) is 1. The molecule has 0 aromatic heterocycles. The third-order valence-corrected chi connectivity index (χ3v) is 4.28. The Labute approximate surface area is 151 Å². The van der Waals surface area contributed by atoms with Crippen LogP contribution in [0.15, 0.2) is 54.6 Å². The van der Waals surface area contributed by atoms with Crippen LogP contribution in [-0.2, 0) is 19.8 Å². The number of primary amides is 2. The molecule has 0 aliphatic heterocycles. The van der Waals surface area contributed by atoms with Crippen LogP contribution in [0, 0.1) is 0 Å². The third-order valence-electron chi connectivity index (χ3n) is 4.28. The van der Waals surface area contributed by atoms with Gasteiger partial charge in [0.2, 0.25) is 5.91 Å². The van der Waals surface area contributed by atoms with Gasteiger partial charge in [0.1, 0.15) is 11.2 Å². The van der Waals surface area contributed by atoms with Crippen molar-refractivity contribution >= 4 is 17.7 Å². The topological polar surface area (TPSA) is 125 Å². The summed E-state index contributed by atoms with van der Waals surface area (Å²) < 4.78 is 5.16. The number of hydrogen-bond acceptors (Lipinski definition) is 4. The molecule has 0 saturated heterocycles. The highest BCUT2D eigenvalue weighted by atomic mass is 16.5. The molecular formula is C19H21N3O4. The molecule has 0 radical (unpaired) electrons. The van der Waals surface area contributed by atoms with E-state index in [1.54, 1.807) is 55.6 Å². The van der Waals surface area contributed by atoms with Crippen molar-refractivity contribution < 1.29 is 19.1 Å². The summed E-state index contributed by atoms with van der Waals surface area (Å²) in [5, 5.41) is 2.41. The second-order valence-corrected chi connectivity index (χ2v) is 5.73. The number of amides is 3. The van der Waals surface area contributed by atoms with Crippen LogP contribution < -0.4 is 21.5 Å². The van der Waals surface area contributed by atoms with Crippen molar-refractivity contribution in [1.82, 2.24) is 5.32 Å². The van der Waals surface area contributed by atoms with Crippen molar-refractivity contribution in [2.75, 3.05) is 13.7 Å². The lowest BCUT2D eigenvalue weighted by molar-refractivity contribution is -0.137. The summed E-state index contributed by atoms with van der Waals surface area (Å²) in [5.41, 5.74) is 10.9. The lowest BCUT2D eigenvalue weighted by Gasteiger charge is -2.32. The number of nitrogens with two attached hydrogens (primary N) is 2. The summed E-state index contributed by atoms with van der Waals surface area (Å²) in [6, 6.07) is 16.0. The van der Waals surface area contributed by atoms with E-state index in [4.69, 9.17) is 16.2 Å². The summed E-state index contributed by atoms with van der Waals surface area (Å²) in [4.78, 5) is 34.9. The van der Waals surface area contributed by atoms with Gasteiger partial charge in [0.25, 0.3) is 0 Å². The van der Waals surface area contributed by atoms with E-state index in [1.165, 1.54) is 0 Å². The quantitative estimate of drug-likeness (QED) is 0.624. The molecule has 0 heterocycles. The number of benzene rings is 2. The summed E-state index contributed by atoms with van der Waals surface area (Å²) in [6.45, 7) is 0.0473. The molecule has 0 saturated carbocycles. The smallest absolute Gasteiger partial charge is 0.309 e. The van der Waals surface area contributed by atoms with Gasteiger partial charge in [-0.15, -0.1) is 0 Å². The lowest BCUT2D eigenvalue weighted by atomic mass is 9.71. The van der Waals surface area contributed by atoms with E-state index in [9.17, 15) is 14.4 Å². The lowest BCUT2D eigenvalue weighted by Crippen LogP contribution is -2.46. The number of carbonyl (C=O) groups excluding carboxylic acids is 3. The van der Waals surface area contributed by atoms with Crippen LogP contribution in [0.5, 0.6) is 5.75 Å². The number of rotatable bonds is 7. The second-order valence-electron chi connectivity index (χ2n) is 5.73. The Balaban J connectivity index is 2.46. The van der Waals surface area contributed by atoms with Crippen molar-refractivity contribution in [1.29, 1.82) is 0 Å². The van der Waals surface area contributed by atoms with Crippen LogP contribution in [0.1, 0.15) is 17.5 Å². The van der Waals surface area contributed by atoms with Crippen molar-refractivity contribution in [3.8, 4) is 5.75 Å². The molecule has 0 bridgehead atoms. The van der Waals surface area contributed by atoms with E-state index in [1.807, 2.05) is 6.07 Å². The molecule has 5 N–H and O–H groups in total. The predicted octanol–water partition coefficient (Wildman–Crippen LogP) is 0.458. The first-order valence-electron chi connectivity index (χ1n) is 7.99. The number of hydrogen-bond donors (Lipinski definition) is 3. The SMILES string of the molecule is COc1ccc(C(CCNC(=O)C(N)=O)(C(N)=O)c2ccccc2)cc1. The van der Waals surface area contributed by atoms with Crippen LogP contribution in [0.25, 0.3) is 0 Å². The van der Waals surface area contributed by atoms with E-state index < -0.39 is 23.1 Å². The fourth-order valence-electron chi connectivity index (χ4n) is 2.91. The van der Waals surface area contributed by atoms with Crippen LogP contribution in [-0.4, -0.2) is 31.4 Å². The highest BCUT2D eigenvalue weighted by Crippen LogP contribution is 2.36. The highest BCUT2D eigenvalue weighted by Gasteiger charge is 2.40. The standard InChI is InChI=1S/C19H21N3O4/c1-26-15-9-7-14(8-10-15)19(18(21)25,13-5-3-2-4-6-13)11-12-22-17(24)16(20)23/h2-10H,11-12H2,1H3,(H2,20,23)(H2,21,25)(H,22,24). The molecule has 3 amide bonds. The number of nitrogens with one attached hydrogen (secondary N) is 1. The van der Waals surface area contributed by atoms with Crippen molar-refractivity contribution in [3.63, 3.8) is 0 Å². The Bertz CT molecular complexity index is 790. The highest BCUT2D eigenvalue weighted by molar-refractivity contribution is 6.34. The summed E-state index contributed by atoms with van der Waals surface area (Å²) in [5.74, 6) is -1.92. The molecule has 136 valence electrons. The second kappa shape index (κ2) is 8.15. The van der Waals surface area contributed by atoms with Crippen LogP contribution in [0.2, 0.25) is 0 Å². The monoisotopic (exact) mass is 355 g/mol. The molecule has 1 atom stereocenters. The number of carbonyl (C=O) groups is 3. The average Bonchev–Trinajstić information content (AvgIpc) is 2.65. The summed E-state index contributed by atoms with van der Waals surface area (Å²) in [6.07, 6.45) is 0.164. The minimum Gasteiger partial charge on any atom is -0.497 e. The largest absolute Gasteiger partial charge is 0.497 e. The Kier molecular flexibility index (Phi) is 5.95. The Morgan fingerprint density at radius 3 is 2.04 bits per heavy atom. The third kappa shape index (κ3) is 3.83. The fourth-order valence-corrected chi connectivity index (χ4v) is 2.91. The Morgan fingerprint density at radius 2 is 1.54 bits per heavy atom. The van der Waals surface area contributed by atoms with Gasteiger partial charge in [0.05, 0.1) is 7.11 Å². The normalized spacial score (nSPS) is 12.7. The Morgan fingerprint density at radius 1 is 0.962 bits per heavy atom. The summed E-state index contributed by atoms with van der Waals surface area (Å²) in [7, 11) is 1.55. The maximum atomic E-state index is 12.6. The molecule has 7 heteroatoms. The molecule has 7 nitrogen and oxygen atoms in total. The maximum Gasteiger partial charge on any atom is 0.309 e. The Hall–Kier alpha value is -3.35. The molecule has 0 fully saturated rings. The van der Waals surface area contributed by atoms with Gasteiger partial charge in [-0.2, -0.15) is 0 Å². The zero-order chi connectivity index (χ0) is 19.2. The zero-order valence-corrected chi connectivity index (χ0v) is 14.4. The molecule has 0 aliphatic rings. The van der Waals surface area contributed by atoms with Crippen molar-refractivity contribution in [2.24, 2.45) is 11.5 Å². The van der Waals surface area contributed by atoms with E-state index >= 15 is 0 Å². The predicted molar refractivity (Wildman–Crippen MR) is 96.2 cm³/mol. The van der Waals surface area contributed by atoms with E-state index in [0.717, 1.165) is 0 Å². The molecular weight excluding hydrogens is 334 g/mol. The molecule has 2 aromatic rings. The van der Waals surface area contributed by atoms with Gasteiger partial charge in [-0.3, -0.25) is 14.4 Å². The van der Waals surface area contributed by atoms with Crippen molar-refractivity contribution in [2.45, 2.75) is 11.8 Å². The molecule has 2 rings (SSSR count). The van der Waals surface area contributed by atoms with Crippen LogP contribution >= 0.6 is 0 Å². The van der Waals surface area contributed by atoms with E-state index in [2.05, 4.69) is 5.32 Å². The van der Waals surface area contributed by atoms with Crippen molar-refractivity contribution in [3.05, 3.63) is 65.7 Å². The average molecular weight is 355 g/mol. The van der Waals surface area contributed by atoms with Gasteiger partial charge in [-0.25, -0.2) is 0 Å². The van der Waals surface area contributed by atoms with Gasteiger partial charge in [-0.1, -0.05) is 42.5 Å². The first-order chi connectivity index (χ1) is 12.4. The molecule has 26 heavy (non-hydrogen) atoms. The number of methoxy groups -OCH3 is 1. The summed E-state index contributed by atoms with van der Waals surface area (Å²) >= 11 is 0. The van der Waals surface area contributed by atoms with E-state index in [-0.39, 0.29) is 13.0 Å². The molecule has 0 aliphatic carbocycles. The first kappa shape index (κ1) is 19.0. The van der Waals surface area contributed by atoms with Gasteiger partial charge in [0.15, 0.2) is 0 Å².